The predicted octanol–water partition coefficient (Wildman–Crippen LogP) is 5.13. The van der Waals surface area contributed by atoms with Gasteiger partial charge in [-0.1, -0.05) is 30.7 Å². The zero-order valence-corrected chi connectivity index (χ0v) is 15.0. The second-order valence-electron chi connectivity index (χ2n) is 6.38. The third kappa shape index (κ3) is 3.29. The summed E-state index contributed by atoms with van der Waals surface area (Å²) in [6.45, 7) is 3.34. The topological polar surface area (TPSA) is 3.24 Å². The number of thiophene rings is 1. The lowest BCUT2D eigenvalue weighted by Crippen LogP contribution is -2.18. The zero-order valence-electron chi connectivity index (χ0n) is 13.4. The number of benzene rings is 1. The van der Waals surface area contributed by atoms with Crippen molar-refractivity contribution in [3.8, 4) is 0 Å². The number of halogens is 1. The van der Waals surface area contributed by atoms with Crippen LogP contribution in [-0.2, 0) is 12.8 Å². The molecule has 22 heavy (non-hydrogen) atoms. The maximum Gasteiger partial charge on any atom is 0.0412 e. The number of hydrogen-bond acceptors (Lipinski definition) is 2. The van der Waals surface area contributed by atoms with Crippen molar-refractivity contribution >= 4 is 28.5 Å². The minimum absolute atomic E-state index is 0.502. The van der Waals surface area contributed by atoms with Crippen LogP contribution >= 0.6 is 22.9 Å². The Bertz CT molecular complexity index is 699. The lowest BCUT2D eigenvalue weighted by Gasteiger charge is -2.17. The Kier molecular flexibility index (Phi) is 4.72. The molecule has 0 radical (unpaired) electrons. The van der Waals surface area contributed by atoms with Crippen LogP contribution in [-0.4, -0.2) is 25.5 Å². The molecule has 0 saturated heterocycles. The highest BCUT2D eigenvalue weighted by Crippen LogP contribution is 2.37. The van der Waals surface area contributed by atoms with E-state index in [4.69, 9.17) is 11.6 Å². The van der Waals surface area contributed by atoms with E-state index in [1.54, 1.807) is 0 Å². The summed E-state index contributed by atoms with van der Waals surface area (Å²) < 4.78 is 0. The van der Waals surface area contributed by atoms with Gasteiger partial charge in [0.05, 0.1) is 0 Å². The summed E-state index contributed by atoms with van der Waals surface area (Å²) in [5, 5.41) is 3.04. The average Bonchev–Trinajstić information content (AvgIpc) is 2.86. The van der Waals surface area contributed by atoms with Crippen LogP contribution in [0.25, 0.3) is 5.57 Å². The summed E-state index contributed by atoms with van der Waals surface area (Å²) in [6.07, 6.45) is 4.65. The second kappa shape index (κ2) is 6.57. The summed E-state index contributed by atoms with van der Waals surface area (Å²) in [7, 11) is 4.26. The number of fused-ring (bicyclic) bond motifs is 2. The third-order valence-corrected chi connectivity index (χ3v) is 5.34. The summed E-state index contributed by atoms with van der Waals surface area (Å²) in [4.78, 5) is 3.74. The molecule has 3 rings (SSSR count). The minimum Gasteiger partial charge on any atom is -0.309 e. The van der Waals surface area contributed by atoms with Gasteiger partial charge in [0.2, 0.25) is 0 Å². The minimum atomic E-state index is 0.502. The molecule has 0 bridgehead atoms. The fraction of sp³-hybridized carbons (Fsp3) is 0.368. The Morgan fingerprint density at radius 3 is 2.82 bits per heavy atom. The Hall–Kier alpha value is -1.09. The average molecular weight is 332 g/mol. The van der Waals surface area contributed by atoms with Crippen LogP contribution < -0.4 is 0 Å². The molecule has 0 fully saturated rings. The molecule has 0 aliphatic heterocycles. The lowest BCUT2D eigenvalue weighted by atomic mass is 9.93. The highest BCUT2D eigenvalue weighted by atomic mass is 35.5. The quantitative estimate of drug-likeness (QED) is 0.753. The van der Waals surface area contributed by atoms with Gasteiger partial charge in [-0.2, -0.15) is 0 Å². The fourth-order valence-electron chi connectivity index (χ4n) is 3.28. The molecule has 1 aromatic heterocycles. The molecular weight excluding hydrogens is 310 g/mol. The molecule has 116 valence electrons. The maximum atomic E-state index is 6.28. The van der Waals surface area contributed by atoms with Gasteiger partial charge in [0, 0.05) is 16.4 Å². The summed E-state index contributed by atoms with van der Waals surface area (Å²) in [5.74, 6) is 0.502. The van der Waals surface area contributed by atoms with Crippen LogP contribution in [0.1, 0.15) is 28.5 Å². The van der Waals surface area contributed by atoms with Crippen molar-refractivity contribution in [2.75, 3.05) is 20.6 Å². The van der Waals surface area contributed by atoms with Crippen LogP contribution in [0.4, 0.5) is 0 Å². The van der Waals surface area contributed by atoms with Gasteiger partial charge in [0.15, 0.2) is 0 Å². The SMILES string of the molecule is CC(C=C1c2cc(Cl)ccc2CCc2sccc21)CN(C)C. The van der Waals surface area contributed by atoms with Crippen LogP contribution in [0.5, 0.6) is 0 Å². The second-order valence-corrected chi connectivity index (χ2v) is 7.82. The first-order chi connectivity index (χ1) is 10.5. The van der Waals surface area contributed by atoms with Gasteiger partial charge in [0.1, 0.15) is 0 Å². The van der Waals surface area contributed by atoms with Gasteiger partial charge >= 0.3 is 0 Å². The van der Waals surface area contributed by atoms with Crippen LogP contribution in [0.3, 0.4) is 0 Å². The Morgan fingerprint density at radius 1 is 1.23 bits per heavy atom. The van der Waals surface area contributed by atoms with E-state index in [0.717, 1.165) is 24.4 Å². The molecule has 1 aliphatic rings. The van der Waals surface area contributed by atoms with E-state index in [1.165, 1.54) is 27.1 Å². The molecule has 1 heterocycles. The molecule has 0 N–H and O–H groups in total. The first-order valence-electron chi connectivity index (χ1n) is 7.76. The van der Waals surface area contributed by atoms with Crippen molar-refractivity contribution < 1.29 is 0 Å². The molecule has 2 aromatic rings. The fourth-order valence-corrected chi connectivity index (χ4v) is 4.34. The van der Waals surface area contributed by atoms with E-state index >= 15 is 0 Å². The van der Waals surface area contributed by atoms with Crippen molar-refractivity contribution in [1.29, 1.82) is 0 Å². The van der Waals surface area contributed by atoms with Gasteiger partial charge in [-0.15, -0.1) is 11.3 Å². The molecule has 3 heteroatoms. The van der Waals surface area contributed by atoms with Crippen molar-refractivity contribution in [3.05, 3.63) is 62.3 Å². The first-order valence-corrected chi connectivity index (χ1v) is 9.02. The molecule has 1 aliphatic carbocycles. The summed E-state index contributed by atoms with van der Waals surface area (Å²) in [6, 6.07) is 8.61. The highest BCUT2D eigenvalue weighted by Gasteiger charge is 2.20. The van der Waals surface area contributed by atoms with Crippen molar-refractivity contribution in [1.82, 2.24) is 4.90 Å². The van der Waals surface area contributed by atoms with E-state index in [1.807, 2.05) is 17.4 Å². The van der Waals surface area contributed by atoms with E-state index in [0.29, 0.717) is 5.92 Å². The van der Waals surface area contributed by atoms with Crippen LogP contribution in [0, 0.1) is 5.92 Å². The number of hydrogen-bond donors (Lipinski definition) is 0. The first kappa shape index (κ1) is 15.8. The Morgan fingerprint density at radius 2 is 2.05 bits per heavy atom. The molecule has 1 aromatic carbocycles. The third-order valence-electron chi connectivity index (χ3n) is 4.12. The molecule has 0 saturated carbocycles. The van der Waals surface area contributed by atoms with Crippen molar-refractivity contribution in [2.24, 2.45) is 5.92 Å². The number of rotatable bonds is 3. The lowest BCUT2D eigenvalue weighted by molar-refractivity contribution is 0.371. The van der Waals surface area contributed by atoms with Gasteiger partial charge in [-0.25, -0.2) is 0 Å². The molecule has 0 spiro atoms. The van der Waals surface area contributed by atoms with E-state index in [2.05, 4.69) is 55.6 Å². The zero-order chi connectivity index (χ0) is 15.7. The van der Waals surface area contributed by atoms with Gasteiger partial charge in [-0.05, 0) is 78.7 Å². The monoisotopic (exact) mass is 331 g/mol. The van der Waals surface area contributed by atoms with Crippen LogP contribution in [0.15, 0.2) is 35.7 Å². The Balaban J connectivity index is 2.11. The Labute approximate surface area is 142 Å². The molecule has 1 nitrogen and oxygen atoms in total. The van der Waals surface area contributed by atoms with E-state index in [9.17, 15) is 0 Å². The van der Waals surface area contributed by atoms with Crippen molar-refractivity contribution in [3.63, 3.8) is 0 Å². The highest BCUT2D eigenvalue weighted by molar-refractivity contribution is 7.10. The smallest absolute Gasteiger partial charge is 0.0412 e. The molecule has 0 amide bonds. The van der Waals surface area contributed by atoms with E-state index < -0.39 is 0 Å². The van der Waals surface area contributed by atoms with E-state index in [-0.39, 0.29) is 0 Å². The summed E-state index contributed by atoms with van der Waals surface area (Å²) in [5.41, 5.74) is 5.49. The summed E-state index contributed by atoms with van der Waals surface area (Å²) >= 11 is 8.16. The predicted molar refractivity (Wildman–Crippen MR) is 98.0 cm³/mol. The molecular formula is C19H22ClNS. The van der Waals surface area contributed by atoms with Crippen molar-refractivity contribution in [2.45, 2.75) is 19.8 Å². The van der Waals surface area contributed by atoms with Gasteiger partial charge in [0.25, 0.3) is 0 Å². The number of nitrogens with zero attached hydrogens (tertiary/aromatic N) is 1. The normalized spacial score (nSPS) is 17.2. The number of aryl methyl sites for hydroxylation is 2. The molecule has 1 unspecified atom stereocenters. The van der Waals surface area contributed by atoms with Gasteiger partial charge < -0.3 is 4.90 Å². The standard InChI is InChI=1S/C19H22ClNS/c1-13(12-21(2)3)10-18-16-8-9-22-19(16)7-5-14-4-6-15(20)11-17(14)18/h4,6,8-11,13H,5,7,12H2,1-3H3. The van der Waals surface area contributed by atoms with Crippen LogP contribution in [0.2, 0.25) is 5.02 Å². The largest absolute Gasteiger partial charge is 0.309 e. The molecule has 1 atom stereocenters. The van der Waals surface area contributed by atoms with Gasteiger partial charge in [-0.3, -0.25) is 0 Å². The maximum absolute atomic E-state index is 6.28.